The fourth-order valence-electron chi connectivity index (χ4n) is 4.72. The van der Waals surface area contributed by atoms with Crippen LogP contribution in [-0.2, 0) is 0 Å². The molecule has 0 bridgehead atoms. The van der Waals surface area contributed by atoms with Gasteiger partial charge in [-0.3, -0.25) is 0 Å². The molecule has 0 aromatic heterocycles. The van der Waals surface area contributed by atoms with E-state index in [9.17, 15) is 0 Å². The van der Waals surface area contributed by atoms with Crippen LogP contribution >= 0.6 is 11.6 Å². The van der Waals surface area contributed by atoms with Gasteiger partial charge >= 0.3 is 0 Å². The van der Waals surface area contributed by atoms with Crippen molar-refractivity contribution in [1.29, 1.82) is 0 Å². The topological polar surface area (TPSA) is 0 Å². The first-order valence-corrected chi connectivity index (χ1v) is 14.0. The molecule has 1 heteroatoms. The molecule has 0 spiro atoms. The van der Waals surface area contributed by atoms with Crippen LogP contribution in [0.4, 0.5) is 0 Å². The summed E-state index contributed by atoms with van der Waals surface area (Å²) >= 11 is 6.72. The Kier molecular flexibility index (Phi) is 17.0. The molecular formula is C29H59Cl. The fourth-order valence-corrected chi connectivity index (χ4v) is 5.20. The predicted molar refractivity (Wildman–Crippen MR) is 140 cm³/mol. The molecule has 0 N–H and O–H groups in total. The molecule has 2 rings (SSSR count). The standard InChI is InChI=1S/C19H35Cl.C6H14.C4H10/c1-4-5-16-8-11-18(19(20)13-16)12-15(3)17-9-6-14(2)7-10-17;1-5(2)6(3)4;1-4(2)3/h14-19H,4-13H2,1-3H3;5-6H,1-4H3;4H,1-3H3. The maximum atomic E-state index is 6.72. The minimum Gasteiger partial charge on any atom is -0.123 e. The molecular weight excluding hydrogens is 384 g/mol. The fraction of sp³-hybridized carbons (Fsp3) is 1.00. The van der Waals surface area contributed by atoms with Gasteiger partial charge in [-0.1, -0.05) is 101 Å². The molecule has 0 aliphatic heterocycles. The number of halogens is 1. The Morgan fingerprint density at radius 3 is 1.67 bits per heavy atom. The SMILES string of the molecule is CC(C)C.CC(C)C(C)C.CCCC1CCC(CC(C)C2CCC(C)CC2)C(Cl)C1. The number of rotatable bonds is 6. The van der Waals surface area contributed by atoms with E-state index in [1.807, 2.05) is 0 Å². The van der Waals surface area contributed by atoms with E-state index < -0.39 is 0 Å². The molecule has 4 unspecified atom stereocenters. The molecule has 182 valence electrons. The summed E-state index contributed by atoms with van der Waals surface area (Å²) in [5.41, 5.74) is 0. The highest BCUT2D eigenvalue weighted by molar-refractivity contribution is 6.20. The minimum atomic E-state index is 0.463. The van der Waals surface area contributed by atoms with Gasteiger partial charge in [-0.25, -0.2) is 0 Å². The van der Waals surface area contributed by atoms with Crippen LogP contribution in [0.5, 0.6) is 0 Å². The van der Waals surface area contributed by atoms with E-state index in [0.717, 1.165) is 47.3 Å². The predicted octanol–water partition coefficient (Wildman–Crippen LogP) is 10.6. The summed E-state index contributed by atoms with van der Waals surface area (Å²) in [7, 11) is 0. The quantitative estimate of drug-likeness (QED) is 0.358. The normalized spacial score (nSPS) is 30.4. The molecule has 0 saturated heterocycles. The van der Waals surface area contributed by atoms with Gasteiger partial charge < -0.3 is 0 Å². The van der Waals surface area contributed by atoms with Crippen LogP contribution in [0.1, 0.15) is 133 Å². The molecule has 0 nitrogen and oxygen atoms in total. The van der Waals surface area contributed by atoms with Gasteiger partial charge in [0.25, 0.3) is 0 Å². The molecule has 0 aromatic carbocycles. The van der Waals surface area contributed by atoms with Gasteiger partial charge in [0.15, 0.2) is 0 Å². The summed E-state index contributed by atoms with van der Waals surface area (Å²) in [6.07, 6.45) is 14.1. The van der Waals surface area contributed by atoms with Crippen molar-refractivity contribution in [3.8, 4) is 0 Å². The van der Waals surface area contributed by atoms with Gasteiger partial charge in [-0.15, -0.1) is 11.6 Å². The molecule has 0 aromatic rings. The van der Waals surface area contributed by atoms with E-state index in [0.29, 0.717) is 5.38 Å². The lowest BCUT2D eigenvalue weighted by atomic mass is 9.71. The van der Waals surface area contributed by atoms with E-state index in [4.69, 9.17) is 11.6 Å². The van der Waals surface area contributed by atoms with Crippen molar-refractivity contribution in [2.75, 3.05) is 0 Å². The lowest BCUT2D eigenvalue weighted by molar-refractivity contribution is 0.170. The Morgan fingerprint density at radius 1 is 0.767 bits per heavy atom. The van der Waals surface area contributed by atoms with Crippen molar-refractivity contribution in [2.24, 2.45) is 47.3 Å². The molecule has 2 fully saturated rings. The Morgan fingerprint density at radius 2 is 1.27 bits per heavy atom. The maximum Gasteiger partial charge on any atom is 0.0367 e. The highest BCUT2D eigenvalue weighted by Gasteiger charge is 2.32. The second kappa shape index (κ2) is 16.9. The highest BCUT2D eigenvalue weighted by atomic mass is 35.5. The molecule has 0 heterocycles. The van der Waals surface area contributed by atoms with Gasteiger partial charge in [-0.05, 0) is 79.4 Å². The van der Waals surface area contributed by atoms with Crippen LogP contribution in [0.15, 0.2) is 0 Å². The molecule has 2 aliphatic rings. The first-order valence-electron chi connectivity index (χ1n) is 13.6. The zero-order valence-corrected chi connectivity index (χ0v) is 23.4. The smallest absolute Gasteiger partial charge is 0.0367 e. The molecule has 0 radical (unpaired) electrons. The number of hydrogen-bond donors (Lipinski definition) is 0. The zero-order valence-electron chi connectivity index (χ0n) is 22.6. The van der Waals surface area contributed by atoms with Gasteiger partial charge in [0.2, 0.25) is 0 Å². The second-order valence-corrected chi connectivity index (χ2v) is 12.8. The van der Waals surface area contributed by atoms with Crippen LogP contribution in [0.25, 0.3) is 0 Å². The van der Waals surface area contributed by atoms with Crippen LogP contribution < -0.4 is 0 Å². The number of hydrogen-bond acceptors (Lipinski definition) is 0. The van der Waals surface area contributed by atoms with E-state index >= 15 is 0 Å². The van der Waals surface area contributed by atoms with Crippen LogP contribution in [0, 0.1) is 47.3 Å². The molecule has 2 aliphatic carbocycles. The van der Waals surface area contributed by atoms with Crippen molar-refractivity contribution >= 4 is 11.6 Å². The van der Waals surface area contributed by atoms with E-state index in [1.165, 1.54) is 64.2 Å². The first-order chi connectivity index (χ1) is 14.0. The molecule has 0 amide bonds. The van der Waals surface area contributed by atoms with Gasteiger partial charge in [0, 0.05) is 5.38 Å². The first kappa shape index (κ1) is 30.3. The maximum absolute atomic E-state index is 6.72. The summed E-state index contributed by atoms with van der Waals surface area (Å²) in [5, 5.41) is 0.463. The average molecular weight is 443 g/mol. The monoisotopic (exact) mass is 442 g/mol. The summed E-state index contributed by atoms with van der Waals surface area (Å²) in [4.78, 5) is 0. The van der Waals surface area contributed by atoms with Crippen LogP contribution in [0.2, 0.25) is 0 Å². The lowest BCUT2D eigenvalue weighted by Crippen LogP contribution is -2.29. The average Bonchev–Trinajstić information content (AvgIpc) is 2.64. The zero-order chi connectivity index (χ0) is 23.3. The Hall–Kier alpha value is 0.290. The highest BCUT2D eigenvalue weighted by Crippen LogP contribution is 2.41. The molecule has 30 heavy (non-hydrogen) atoms. The number of alkyl halides is 1. The summed E-state index contributed by atoms with van der Waals surface area (Å²) in [6.45, 7) is 22.7. The van der Waals surface area contributed by atoms with Crippen LogP contribution in [-0.4, -0.2) is 5.38 Å². The van der Waals surface area contributed by atoms with Crippen molar-refractivity contribution < 1.29 is 0 Å². The largest absolute Gasteiger partial charge is 0.123 e. The van der Waals surface area contributed by atoms with Crippen molar-refractivity contribution in [3.05, 3.63) is 0 Å². The van der Waals surface area contributed by atoms with Gasteiger partial charge in [0.05, 0.1) is 0 Å². The molecule has 4 atom stereocenters. The third-order valence-corrected chi connectivity index (χ3v) is 8.12. The van der Waals surface area contributed by atoms with E-state index in [-0.39, 0.29) is 0 Å². The van der Waals surface area contributed by atoms with E-state index in [2.05, 4.69) is 69.2 Å². The Balaban J connectivity index is 0.000000703. The van der Waals surface area contributed by atoms with Crippen molar-refractivity contribution in [2.45, 2.75) is 139 Å². The minimum absolute atomic E-state index is 0.463. The Bertz CT molecular complexity index is 369. The van der Waals surface area contributed by atoms with E-state index in [1.54, 1.807) is 0 Å². The van der Waals surface area contributed by atoms with Gasteiger partial charge in [-0.2, -0.15) is 0 Å². The third-order valence-electron chi connectivity index (χ3n) is 7.59. The lowest BCUT2D eigenvalue weighted by Gasteiger charge is -2.37. The second-order valence-electron chi connectivity index (χ2n) is 12.2. The molecule has 2 saturated carbocycles. The van der Waals surface area contributed by atoms with Gasteiger partial charge in [0.1, 0.15) is 0 Å². The summed E-state index contributed by atoms with van der Waals surface area (Å²) < 4.78 is 0. The van der Waals surface area contributed by atoms with Crippen molar-refractivity contribution in [1.82, 2.24) is 0 Å². The Labute approximate surface area is 197 Å². The van der Waals surface area contributed by atoms with Crippen LogP contribution in [0.3, 0.4) is 0 Å². The summed E-state index contributed by atoms with van der Waals surface area (Å²) in [6, 6.07) is 0. The third kappa shape index (κ3) is 14.4. The summed E-state index contributed by atoms with van der Waals surface area (Å²) in [5.74, 6) is 7.13. The van der Waals surface area contributed by atoms with Crippen molar-refractivity contribution in [3.63, 3.8) is 0 Å².